The summed E-state index contributed by atoms with van der Waals surface area (Å²) in [7, 11) is 0. The number of amides is 1. The van der Waals surface area contributed by atoms with Crippen LogP contribution >= 0.6 is 11.6 Å². The van der Waals surface area contributed by atoms with E-state index < -0.39 is 11.5 Å². The van der Waals surface area contributed by atoms with Gasteiger partial charge in [0.05, 0.1) is 23.0 Å². The molecule has 1 aliphatic heterocycles. The molecule has 2 N–H and O–H groups in total. The van der Waals surface area contributed by atoms with Crippen LogP contribution in [-0.4, -0.2) is 50.9 Å². The zero-order valence-electron chi connectivity index (χ0n) is 24.3. The number of carbonyl (C=O) groups is 2. The predicted octanol–water partition coefficient (Wildman–Crippen LogP) is 7.09. The van der Waals surface area contributed by atoms with Gasteiger partial charge in [0.1, 0.15) is 23.2 Å². The Morgan fingerprint density at radius 2 is 1.74 bits per heavy atom. The van der Waals surface area contributed by atoms with E-state index in [1.807, 2.05) is 26.8 Å². The van der Waals surface area contributed by atoms with Crippen LogP contribution < -0.4 is 10.1 Å². The third kappa shape index (κ3) is 7.06. The lowest BCUT2D eigenvalue weighted by molar-refractivity contribution is 0.0675. The maximum Gasteiger partial charge on any atom is 0.339 e. The number of rotatable bonds is 8. The molecule has 1 aromatic heterocycles. The molecule has 0 aliphatic carbocycles. The molecule has 5 rings (SSSR count). The van der Waals surface area contributed by atoms with Crippen molar-refractivity contribution in [3.05, 3.63) is 100 Å². The third-order valence-corrected chi connectivity index (χ3v) is 7.78. The Hall–Kier alpha value is -4.21. The molecule has 0 atom stereocenters. The van der Waals surface area contributed by atoms with E-state index in [0.717, 1.165) is 31.5 Å². The van der Waals surface area contributed by atoms with Gasteiger partial charge in [-0.2, -0.15) is 5.10 Å². The molecule has 0 spiro atoms. The number of para-hydroxylation sites is 1. The molecule has 0 saturated carbocycles. The van der Waals surface area contributed by atoms with Gasteiger partial charge in [-0.25, -0.2) is 9.18 Å². The first kappa shape index (κ1) is 30.3. The normalized spacial score (nSPS) is 14.4. The van der Waals surface area contributed by atoms with Crippen molar-refractivity contribution < 1.29 is 23.8 Å². The van der Waals surface area contributed by atoms with Gasteiger partial charge in [-0.15, -0.1) is 0 Å². The van der Waals surface area contributed by atoms with E-state index in [0.29, 0.717) is 39.8 Å². The number of anilines is 1. The van der Waals surface area contributed by atoms with E-state index in [-0.39, 0.29) is 23.4 Å². The fraction of sp³-hybridized carbons (Fsp3) is 0.303. The Morgan fingerprint density at radius 3 is 2.42 bits per heavy atom. The average molecular weight is 605 g/mol. The molecule has 43 heavy (non-hydrogen) atoms. The van der Waals surface area contributed by atoms with Crippen molar-refractivity contribution in [2.24, 2.45) is 0 Å². The molecule has 1 saturated heterocycles. The highest BCUT2D eigenvalue weighted by atomic mass is 35.5. The molecule has 2 heterocycles. The highest BCUT2D eigenvalue weighted by Gasteiger charge is 2.26. The smallest absolute Gasteiger partial charge is 0.339 e. The number of aromatic carboxylic acids is 1. The van der Waals surface area contributed by atoms with Gasteiger partial charge in [-0.1, -0.05) is 23.7 Å². The molecule has 0 radical (unpaired) electrons. The van der Waals surface area contributed by atoms with Crippen LogP contribution in [0.1, 0.15) is 59.9 Å². The quantitative estimate of drug-likeness (QED) is 0.223. The molecular weight excluding hydrogens is 571 g/mol. The minimum absolute atomic E-state index is 0.0813. The Labute approximate surface area is 255 Å². The van der Waals surface area contributed by atoms with E-state index in [1.165, 1.54) is 18.3 Å². The van der Waals surface area contributed by atoms with Crippen molar-refractivity contribution in [2.75, 3.05) is 18.4 Å². The van der Waals surface area contributed by atoms with Gasteiger partial charge in [-0.05, 0) is 93.8 Å². The van der Waals surface area contributed by atoms with E-state index in [1.54, 1.807) is 53.2 Å². The third-order valence-electron chi connectivity index (χ3n) is 7.41. The van der Waals surface area contributed by atoms with Crippen LogP contribution in [-0.2, 0) is 12.1 Å². The molecule has 10 heteroatoms. The Balaban J connectivity index is 1.27. The lowest BCUT2D eigenvalue weighted by atomic mass is 10.0. The van der Waals surface area contributed by atoms with Crippen LogP contribution in [0.25, 0.3) is 11.3 Å². The van der Waals surface area contributed by atoms with Gasteiger partial charge in [-0.3, -0.25) is 14.4 Å². The number of aromatic nitrogens is 2. The van der Waals surface area contributed by atoms with Gasteiger partial charge >= 0.3 is 5.97 Å². The molecule has 4 aromatic rings. The number of halogens is 2. The van der Waals surface area contributed by atoms with E-state index in [9.17, 15) is 19.1 Å². The minimum Gasteiger partial charge on any atom is -0.489 e. The summed E-state index contributed by atoms with van der Waals surface area (Å²) in [5.74, 6) is -1.31. The lowest BCUT2D eigenvalue weighted by Crippen LogP contribution is -2.38. The number of carboxylic acid groups (broad SMARTS) is 1. The SMILES string of the molecule is CC(C)(C)n1ncc(C(=O)Nc2ccc(Cl)c(CN3CCC(Oc4ccccc4C(=O)O)CC3)c2)c1-c1ccc(F)cc1. The van der Waals surface area contributed by atoms with Crippen LogP contribution in [0, 0.1) is 5.82 Å². The van der Waals surface area contributed by atoms with Crippen molar-refractivity contribution in [1.29, 1.82) is 0 Å². The highest BCUT2D eigenvalue weighted by Crippen LogP contribution is 2.31. The van der Waals surface area contributed by atoms with E-state index in [4.69, 9.17) is 16.3 Å². The molecular formula is C33H34ClFN4O4. The number of nitrogens with one attached hydrogen (secondary N) is 1. The summed E-state index contributed by atoms with van der Waals surface area (Å²) in [6.07, 6.45) is 2.94. The van der Waals surface area contributed by atoms with Crippen molar-refractivity contribution in [3.63, 3.8) is 0 Å². The standard InChI is InChI=1S/C33H34ClFN4O4/c1-33(2,3)39-30(21-8-10-23(35)11-9-21)27(19-36-39)31(40)37-24-12-13-28(34)22(18-24)20-38-16-14-25(15-17-38)43-29-7-5-4-6-26(29)32(41)42/h4-13,18-19,25H,14-17,20H2,1-3H3,(H,37,40)(H,41,42). The highest BCUT2D eigenvalue weighted by molar-refractivity contribution is 6.31. The van der Waals surface area contributed by atoms with Crippen molar-refractivity contribution >= 4 is 29.2 Å². The zero-order chi connectivity index (χ0) is 30.7. The fourth-order valence-electron chi connectivity index (χ4n) is 5.23. The van der Waals surface area contributed by atoms with Crippen molar-refractivity contribution in [3.8, 4) is 17.0 Å². The average Bonchev–Trinajstić information content (AvgIpc) is 3.43. The molecule has 8 nitrogen and oxygen atoms in total. The number of ether oxygens (including phenoxy) is 1. The second kappa shape index (κ2) is 12.6. The van der Waals surface area contributed by atoms with Gasteiger partial charge in [0.15, 0.2) is 0 Å². The zero-order valence-corrected chi connectivity index (χ0v) is 25.1. The predicted molar refractivity (Wildman–Crippen MR) is 164 cm³/mol. The monoisotopic (exact) mass is 604 g/mol. The van der Waals surface area contributed by atoms with Gasteiger partial charge < -0.3 is 15.2 Å². The summed E-state index contributed by atoms with van der Waals surface area (Å²) < 4.78 is 21.5. The summed E-state index contributed by atoms with van der Waals surface area (Å²) in [5.41, 5.74) is 2.90. The molecule has 0 bridgehead atoms. The largest absolute Gasteiger partial charge is 0.489 e. The second-order valence-corrected chi connectivity index (χ2v) is 12.1. The van der Waals surface area contributed by atoms with E-state index in [2.05, 4.69) is 15.3 Å². The lowest BCUT2D eigenvalue weighted by Gasteiger charge is -2.32. The van der Waals surface area contributed by atoms with Crippen LogP contribution in [0.4, 0.5) is 10.1 Å². The molecule has 1 aliphatic rings. The first-order valence-electron chi connectivity index (χ1n) is 14.1. The van der Waals surface area contributed by atoms with Crippen LogP contribution in [0.3, 0.4) is 0 Å². The van der Waals surface area contributed by atoms with Gasteiger partial charge in [0.25, 0.3) is 5.91 Å². The number of nitrogens with zero attached hydrogens (tertiary/aromatic N) is 3. The molecule has 0 unspecified atom stereocenters. The number of hydrogen-bond acceptors (Lipinski definition) is 5. The van der Waals surface area contributed by atoms with Crippen LogP contribution in [0.2, 0.25) is 5.02 Å². The number of benzene rings is 3. The summed E-state index contributed by atoms with van der Waals surface area (Å²) in [4.78, 5) is 27.3. The Morgan fingerprint density at radius 1 is 1.05 bits per heavy atom. The molecule has 1 fully saturated rings. The molecule has 224 valence electrons. The second-order valence-electron chi connectivity index (χ2n) is 11.7. The number of piperidine rings is 1. The number of hydrogen-bond donors (Lipinski definition) is 2. The first-order chi connectivity index (χ1) is 20.5. The van der Waals surface area contributed by atoms with Crippen LogP contribution in [0.15, 0.2) is 72.9 Å². The Bertz CT molecular complexity index is 1620. The maximum atomic E-state index is 13.7. The number of carboxylic acids is 1. The minimum atomic E-state index is -1.01. The topological polar surface area (TPSA) is 96.7 Å². The number of likely N-dealkylation sites (tertiary alicyclic amines) is 1. The maximum absolute atomic E-state index is 13.7. The molecule has 3 aromatic carbocycles. The summed E-state index contributed by atoms with van der Waals surface area (Å²) in [6, 6.07) is 18.1. The summed E-state index contributed by atoms with van der Waals surface area (Å²) in [5, 5.41) is 17.5. The van der Waals surface area contributed by atoms with Crippen molar-refractivity contribution in [2.45, 2.75) is 51.8 Å². The summed E-state index contributed by atoms with van der Waals surface area (Å²) in [6.45, 7) is 8.06. The Kier molecular flexibility index (Phi) is 8.84. The van der Waals surface area contributed by atoms with Gasteiger partial charge in [0, 0.05) is 35.9 Å². The summed E-state index contributed by atoms with van der Waals surface area (Å²) >= 11 is 6.56. The first-order valence-corrected chi connectivity index (χ1v) is 14.5. The van der Waals surface area contributed by atoms with Crippen LogP contribution in [0.5, 0.6) is 5.75 Å². The number of carbonyl (C=O) groups excluding carboxylic acids is 1. The van der Waals surface area contributed by atoms with Gasteiger partial charge in [0.2, 0.25) is 0 Å². The molecule has 1 amide bonds. The van der Waals surface area contributed by atoms with Crippen molar-refractivity contribution in [1.82, 2.24) is 14.7 Å². The fourth-order valence-corrected chi connectivity index (χ4v) is 5.41. The van der Waals surface area contributed by atoms with E-state index >= 15 is 0 Å².